The van der Waals surface area contributed by atoms with E-state index in [2.05, 4.69) is 54.3 Å². The zero-order valence-electron chi connectivity index (χ0n) is 11.5. The van der Waals surface area contributed by atoms with Crippen LogP contribution in [0.1, 0.15) is 29.5 Å². The molecule has 0 spiro atoms. The first-order valence-corrected chi connectivity index (χ1v) is 7.72. The lowest BCUT2D eigenvalue weighted by molar-refractivity contribution is 0.720. The Hall–Kier alpha value is -1.32. The molecule has 0 saturated heterocycles. The molecule has 2 N–H and O–H groups in total. The highest BCUT2D eigenvalue weighted by Gasteiger charge is 2.08. The van der Waals surface area contributed by atoms with Gasteiger partial charge in [-0.25, -0.2) is 0 Å². The summed E-state index contributed by atoms with van der Waals surface area (Å²) in [7, 11) is 0. The summed E-state index contributed by atoms with van der Waals surface area (Å²) in [4.78, 5) is 5.11. The molecule has 0 aliphatic carbocycles. The van der Waals surface area contributed by atoms with E-state index in [1.54, 1.807) is 0 Å². The molecule has 2 aromatic rings. The van der Waals surface area contributed by atoms with Gasteiger partial charge in [0.25, 0.3) is 0 Å². The zero-order chi connectivity index (χ0) is 13.5. The lowest BCUT2D eigenvalue weighted by Gasteiger charge is -2.24. The molecule has 0 atom stereocenters. The third-order valence-corrected chi connectivity index (χ3v) is 4.26. The van der Waals surface area contributed by atoms with Gasteiger partial charge in [0.2, 0.25) is 0 Å². The molecule has 1 aromatic heterocycles. The van der Waals surface area contributed by atoms with E-state index in [4.69, 9.17) is 5.73 Å². The van der Waals surface area contributed by atoms with Crippen LogP contribution in [0.3, 0.4) is 0 Å². The molecule has 0 aliphatic rings. The Kier molecular flexibility index (Phi) is 5.43. The van der Waals surface area contributed by atoms with E-state index in [0.29, 0.717) is 6.54 Å². The quantitative estimate of drug-likeness (QED) is 0.826. The van der Waals surface area contributed by atoms with Crippen LogP contribution < -0.4 is 10.6 Å². The molecule has 0 radical (unpaired) electrons. The predicted molar refractivity (Wildman–Crippen MR) is 84.6 cm³/mol. The third kappa shape index (κ3) is 4.08. The molecule has 1 heterocycles. The smallest absolute Gasteiger partial charge is 0.0522 e. The van der Waals surface area contributed by atoms with Gasteiger partial charge in [0.15, 0.2) is 0 Å². The van der Waals surface area contributed by atoms with Crippen molar-refractivity contribution in [3.63, 3.8) is 0 Å². The van der Waals surface area contributed by atoms with Gasteiger partial charge in [0.05, 0.1) is 6.54 Å². The zero-order valence-corrected chi connectivity index (χ0v) is 12.3. The fourth-order valence-corrected chi connectivity index (χ4v) is 3.01. The van der Waals surface area contributed by atoms with Crippen molar-refractivity contribution in [2.75, 3.05) is 11.4 Å². The molecule has 3 heteroatoms. The molecule has 0 saturated carbocycles. The molecule has 0 amide bonds. The molecule has 2 rings (SSSR count). The minimum atomic E-state index is 0.644. The van der Waals surface area contributed by atoms with Crippen LogP contribution >= 0.6 is 11.3 Å². The number of unbranched alkanes of at least 4 members (excludes halogenated alkanes) is 1. The molecular weight excluding hydrogens is 252 g/mol. The van der Waals surface area contributed by atoms with Crippen LogP contribution in [0.15, 0.2) is 42.5 Å². The van der Waals surface area contributed by atoms with E-state index >= 15 is 0 Å². The normalized spacial score (nSPS) is 10.6. The minimum Gasteiger partial charge on any atom is -0.366 e. The highest BCUT2D eigenvalue weighted by atomic mass is 32.1. The number of nitrogens with two attached hydrogens (primary N) is 1. The Morgan fingerprint density at radius 2 is 1.79 bits per heavy atom. The van der Waals surface area contributed by atoms with Gasteiger partial charge in [-0.3, -0.25) is 0 Å². The van der Waals surface area contributed by atoms with Crippen LogP contribution in [0.25, 0.3) is 0 Å². The van der Waals surface area contributed by atoms with Crippen molar-refractivity contribution in [3.8, 4) is 0 Å². The molecule has 0 fully saturated rings. The first kappa shape index (κ1) is 14.1. The van der Waals surface area contributed by atoms with E-state index in [-0.39, 0.29) is 0 Å². The summed E-state index contributed by atoms with van der Waals surface area (Å²) in [6.07, 6.45) is 2.45. The standard InChI is InChI=1S/C16H22N2S/c1-2-3-11-18(14-7-5-4-6-8-14)13-16-10-9-15(12-17)19-16/h4-10H,2-3,11-13,17H2,1H3. The average Bonchev–Trinajstić information content (AvgIpc) is 2.92. The number of anilines is 1. The molecule has 102 valence electrons. The van der Waals surface area contributed by atoms with Gasteiger partial charge < -0.3 is 10.6 Å². The first-order valence-electron chi connectivity index (χ1n) is 6.91. The van der Waals surface area contributed by atoms with Crippen LogP contribution in [-0.4, -0.2) is 6.54 Å². The van der Waals surface area contributed by atoms with E-state index in [1.807, 2.05) is 11.3 Å². The Morgan fingerprint density at radius 3 is 2.42 bits per heavy atom. The Balaban J connectivity index is 2.09. The topological polar surface area (TPSA) is 29.3 Å². The van der Waals surface area contributed by atoms with Gasteiger partial charge >= 0.3 is 0 Å². The molecular formula is C16H22N2S. The predicted octanol–water partition coefficient (Wildman–Crippen LogP) is 4.01. The molecule has 19 heavy (non-hydrogen) atoms. The monoisotopic (exact) mass is 274 g/mol. The summed E-state index contributed by atoms with van der Waals surface area (Å²) >= 11 is 1.82. The van der Waals surface area contributed by atoms with Crippen molar-refractivity contribution in [2.45, 2.75) is 32.9 Å². The number of benzene rings is 1. The maximum absolute atomic E-state index is 5.68. The maximum atomic E-state index is 5.68. The molecule has 2 nitrogen and oxygen atoms in total. The van der Waals surface area contributed by atoms with Crippen molar-refractivity contribution in [2.24, 2.45) is 5.73 Å². The van der Waals surface area contributed by atoms with Gasteiger partial charge in [-0.15, -0.1) is 11.3 Å². The van der Waals surface area contributed by atoms with Crippen LogP contribution in [0.5, 0.6) is 0 Å². The number of nitrogens with zero attached hydrogens (tertiary/aromatic N) is 1. The maximum Gasteiger partial charge on any atom is 0.0522 e. The van der Waals surface area contributed by atoms with Crippen molar-refractivity contribution in [3.05, 3.63) is 52.2 Å². The van der Waals surface area contributed by atoms with Crippen LogP contribution in [0.4, 0.5) is 5.69 Å². The molecule has 0 aliphatic heterocycles. The molecule has 0 bridgehead atoms. The van der Waals surface area contributed by atoms with Gasteiger partial charge in [0, 0.05) is 28.5 Å². The number of rotatable bonds is 7. The lowest BCUT2D eigenvalue weighted by atomic mass is 10.2. The molecule has 1 aromatic carbocycles. The Labute approximate surface area is 119 Å². The summed E-state index contributed by atoms with van der Waals surface area (Å²) in [5, 5.41) is 0. The second-order valence-corrected chi connectivity index (χ2v) is 5.94. The number of hydrogen-bond acceptors (Lipinski definition) is 3. The summed E-state index contributed by atoms with van der Waals surface area (Å²) < 4.78 is 0. The fraction of sp³-hybridized carbons (Fsp3) is 0.375. The number of thiophene rings is 1. The van der Waals surface area contributed by atoms with Gasteiger partial charge in [-0.1, -0.05) is 31.5 Å². The van der Waals surface area contributed by atoms with Crippen molar-refractivity contribution in [1.29, 1.82) is 0 Å². The summed E-state index contributed by atoms with van der Waals surface area (Å²) in [5.41, 5.74) is 6.99. The highest BCUT2D eigenvalue weighted by molar-refractivity contribution is 7.12. The van der Waals surface area contributed by atoms with E-state index in [9.17, 15) is 0 Å². The largest absolute Gasteiger partial charge is 0.366 e. The second-order valence-electron chi connectivity index (χ2n) is 4.68. The van der Waals surface area contributed by atoms with Crippen LogP contribution in [-0.2, 0) is 13.1 Å². The Bertz CT molecular complexity index is 479. The fourth-order valence-electron chi connectivity index (χ4n) is 2.09. The first-order chi connectivity index (χ1) is 9.33. The Morgan fingerprint density at radius 1 is 1.05 bits per heavy atom. The van der Waals surface area contributed by atoms with Crippen LogP contribution in [0, 0.1) is 0 Å². The number of para-hydroxylation sites is 1. The SMILES string of the molecule is CCCCN(Cc1ccc(CN)s1)c1ccccc1. The summed E-state index contributed by atoms with van der Waals surface area (Å²) in [5.74, 6) is 0. The van der Waals surface area contributed by atoms with Crippen molar-refractivity contribution < 1.29 is 0 Å². The summed E-state index contributed by atoms with van der Waals surface area (Å²) in [6.45, 7) is 4.97. The van der Waals surface area contributed by atoms with E-state index < -0.39 is 0 Å². The molecule has 0 unspecified atom stereocenters. The second kappa shape index (κ2) is 7.31. The highest BCUT2D eigenvalue weighted by Crippen LogP contribution is 2.22. The third-order valence-electron chi connectivity index (χ3n) is 3.17. The van der Waals surface area contributed by atoms with Crippen LogP contribution in [0.2, 0.25) is 0 Å². The lowest BCUT2D eigenvalue weighted by Crippen LogP contribution is -2.23. The van der Waals surface area contributed by atoms with Crippen molar-refractivity contribution >= 4 is 17.0 Å². The van der Waals surface area contributed by atoms with Crippen molar-refractivity contribution in [1.82, 2.24) is 0 Å². The van der Waals surface area contributed by atoms with Gasteiger partial charge in [-0.2, -0.15) is 0 Å². The van der Waals surface area contributed by atoms with E-state index in [0.717, 1.165) is 13.1 Å². The van der Waals surface area contributed by atoms with Gasteiger partial charge in [0.1, 0.15) is 0 Å². The summed E-state index contributed by atoms with van der Waals surface area (Å²) in [6, 6.07) is 15.0. The van der Waals surface area contributed by atoms with Gasteiger partial charge in [-0.05, 0) is 30.7 Å². The number of hydrogen-bond donors (Lipinski definition) is 1. The van der Waals surface area contributed by atoms with E-state index in [1.165, 1.54) is 28.3 Å². The minimum absolute atomic E-state index is 0.644. The average molecular weight is 274 g/mol.